The van der Waals surface area contributed by atoms with Crippen LogP contribution < -0.4 is 9.55 Å². The van der Waals surface area contributed by atoms with Gasteiger partial charge in [-0.2, -0.15) is 0 Å². The van der Waals surface area contributed by atoms with Crippen LogP contribution in [0.25, 0.3) is 32.7 Å². The Balaban J connectivity index is 1.53. The van der Waals surface area contributed by atoms with Gasteiger partial charge in [0.1, 0.15) is 16.9 Å². The van der Waals surface area contributed by atoms with E-state index in [9.17, 15) is 0 Å². The molecule has 5 aromatic carbocycles. The molecular weight excluding hydrogens is 409 g/mol. The Labute approximate surface area is 191 Å². The van der Waals surface area contributed by atoms with Gasteiger partial charge in [-0.15, -0.1) is 0 Å². The van der Waals surface area contributed by atoms with Crippen LogP contribution in [0.4, 0.5) is 17.1 Å². The van der Waals surface area contributed by atoms with E-state index >= 15 is 0 Å². The minimum absolute atomic E-state index is 0.564. The summed E-state index contributed by atoms with van der Waals surface area (Å²) in [5.74, 6) is 0.564. The normalized spacial score (nSPS) is 11.2. The van der Waals surface area contributed by atoms with E-state index < -0.39 is 0 Å². The molecule has 157 valence electrons. The Kier molecular flexibility index (Phi) is 4.74. The quantitative estimate of drug-likeness (QED) is 0.297. The number of hydrogen-bond donors (Lipinski definition) is 1. The van der Waals surface area contributed by atoms with Gasteiger partial charge in [0.05, 0.1) is 0 Å². The van der Waals surface area contributed by atoms with Gasteiger partial charge in [0, 0.05) is 33.9 Å². The second-order valence-corrected chi connectivity index (χ2v) is 7.83. The zero-order valence-corrected chi connectivity index (χ0v) is 17.7. The summed E-state index contributed by atoms with van der Waals surface area (Å²) in [7, 11) is 0.684. The second-order valence-electron chi connectivity index (χ2n) is 7.83. The molecule has 0 atom stereocenters. The number of furan rings is 1. The summed E-state index contributed by atoms with van der Waals surface area (Å²) in [6.45, 7) is 0. The van der Waals surface area contributed by atoms with Gasteiger partial charge in [0.15, 0.2) is 0 Å². The molecular formula is C28H19BNO3. The van der Waals surface area contributed by atoms with Crippen LogP contribution in [0, 0.1) is 0 Å². The highest BCUT2D eigenvalue weighted by atomic mass is 16.5. The molecule has 0 amide bonds. The molecule has 1 radical (unpaired) electrons. The van der Waals surface area contributed by atoms with Crippen molar-refractivity contribution in [2.75, 3.05) is 4.90 Å². The highest BCUT2D eigenvalue weighted by Crippen LogP contribution is 2.40. The maximum absolute atomic E-state index is 8.91. The lowest BCUT2D eigenvalue weighted by molar-refractivity contribution is 0.454. The van der Waals surface area contributed by atoms with Crippen molar-refractivity contribution in [2.24, 2.45) is 0 Å². The number of benzene rings is 5. The first kappa shape index (κ1) is 19.5. The highest BCUT2D eigenvalue weighted by molar-refractivity contribution is 6.19. The first-order valence-corrected chi connectivity index (χ1v) is 10.7. The number of para-hydroxylation sites is 1. The fraction of sp³-hybridized carbons (Fsp3) is 0. The first-order valence-electron chi connectivity index (χ1n) is 10.7. The summed E-state index contributed by atoms with van der Waals surface area (Å²) in [5, 5.41) is 13.5. The van der Waals surface area contributed by atoms with Crippen LogP contribution in [0.15, 0.2) is 114 Å². The van der Waals surface area contributed by atoms with Crippen molar-refractivity contribution >= 4 is 57.5 Å². The maximum atomic E-state index is 8.91. The first-order chi connectivity index (χ1) is 16.3. The van der Waals surface area contributed by atoms with Crippen molar-refractivity contribution in [1.82, 2.24) is 0 Å². The topological polar surface area (TPSA) is 45.8 Å². The Hall–Kier alpha value is -4.22. The molecule has 0 unspecified atom stereocenters. The summed E-state index contributed by atoms with van der Waals surface area (Å²) in [5.41, 5.74) is 4.70. The zero-order chi connectivity index (χ0) is 22.2. The van der Waals surface area contributed by atoms with E-state index in [1.54, 1.807) is 0 Å². The summed E-state index contributed by atoms with van der Waals surface area (Å²) < 4.78 is 11.4. The van der Waals surface area contributed by atoms with Crippen LogP contribution >= 0.6 is 0 Å². The maximum Gasteiger partial charge on any atom is 0.569 e. The van der Waals surface area contributed by atoms with Gasteiger partial charge in [-0.05, 0) is 65.4 Å². The van der Waals surface area contributed by atoms with Gasteiger partial charge in [0.2, 0.25) is 0 Å². The Morgan fingerprint density at radius 3 is 2.18 bits per heavy atom. The van der Waals surface area contributed by atoms with Gasteiger partial charge < -0.3 is 19.0 Å². The fourth-order valence-electron chi connectivity index (χ4n) is 4.43. The van der Waals surface area contributed by atoms with Crippen molar-refractivity contribution in [3.8, 4) is 5.75 Å². The van der Waals surface area contributed by atoms with Crippen LogP contribution in [-0.2, 0) is 0 Å². The number of rotatable bonds is 5. The van der Waals surface area contributed by atoms with Crippen molar-refractivity contribution in [3.05, 3.63) is 109 Å². The highest BCUT2D eigenvalue weighted by Gasteiger charge is 2.16. The lowest BCUT2D eigenvalue weighted by Gasteiger charge is -2.25. The van der Waals surface area contributed by atoms with E-state index in [1.807, 2.05) is 48.5 Å². The molecule has 0 saturated carbocycles. The molecule has 0 saturated heterocycles. The van der Waals surface area contributed by atoms with Gasteiger partial charge in [0.25, 0.3) is 0 Å². The molecule has 33 heavy (non-hydrogen) atoms. The smallest absolute Gasteiger partial charge is 0.537 e. The zero-order valence-electron chi connectivity index (χ0n) is 17.7. The predicted octanol–water partition coefficient (Wildman–Crippen LogP) is 7.11. The molecule has 1 heterocycles. The summed E-state index contributed by atoms with van der Waals surface area (Å²) in [6.07, 6.45) is 0. The Bertz CT molecular complexity index is 1580. The van der Waals surface area contributed by atoms with Crippen molar-refractivity contribution in [2.45, 2.75) is 0 Å². The monoisotopic (exact) mass is 428 g/mol. The second kappa shape index (κ2) is 8.04. The average Bonchev–Trinajstić information content (AvgIpc) is 3.25. The molecule has 5 heteroatoms. The van der Waals surface area contributed by atoms with Crippen LogP contribution in [0.5, 0.6) is 5.75 Å². The third kappa shape index (κ3) is 3.39. The molecule has 0 spiro atoms. The van der Waals surface area contributed by atoms with E-state index in [1.165, 1.54) is 10.8 Å². The summed E-state index contributed by atoms with van der Waals surface area (Å²) in [6, 6.07) is 36.6. The van der Waals surface area contributed by atoms with E-state index in [2.05, 4.69) is 65.6 Å². The molecule has 0 aliphatic heterocycles. The molecule has 0 aliphatic carbocycles. The van der Waals surface area contributed by atoms with E-state index in [0.717, 1.165) is 39.0 Å². The van der Waals surface area contributed by atoms with Crippen LogP contribution in [0.3, 0.4) is 0 Å². The molecule has 1 aromatic heterocycles. The lowest BCUT2D eigenvalue weighted by Crippen LogP contribution is -2.09. The van der Waals surface area contributed by atoms with Crippen LogP contribution in [-0.4, -0.2) is 12.7 Å². The third-order valence-corrected chi connectivity index (χ3v) is 5.90. The molecule has 6 aromatic rings. The average molecular weight is 428 g/mol. The van der Waals surface area contributed by atoms with Gasteiger partial charge in [-0.3, -0.25) is 0 Å². The number of fused-ring (bicyclic) bond motifs is 5. The van der Waals surface area contributed by atoms with Crippen LogP contribution in [0.1, 0.15) is 0 Å². The van der Waals surface area contributed by atoms with E-state index in [4.69, 9.17) is 14.1 Å². The summed E-state index contributed by atoms with van der Waals surface area (Å²) >= 11 is 0. The minimum Gasteiger partial charge on any atom is -0.537 e. The Morgan fingerprint density at radius 1 is 0.636 bits per heavy atom. The molecule has 0 bridgehead atoms. The third-order valence-electron chi connectivity index (χ3n) is 5.90. The largest absolute Gasteiger partial charge is 0.569 e. The molecule has 4 nitrogen and oxygen atoms in total. The van der Waals surface area contributed by atoms with E-state index in [0.29, 0.717) is 13.4 Å². The van der Waals surface area contributed by atoms with Crippen molar-refractivity contribution in [3.63, 3.8) is 0 Å². The van der Waals surface area contributed by atoms with Gasteiger partial charge in [-0.25, -0.2) is 0 Å². The number of nitrogens with zero attached hydrogens (tertiary/aromatic N) is 1. The molecule has 6 rings (SSSR count). The molecule has 1 N–H and O–H groups in total. The number of anilines is 3. The van der Waals surface area contributed by atoms with Gasteiger partial charge in [-0.1, -0.05) is 48.5 Å². The van der Waals surface area contributed by atoms with Crippen molar-refractivity contribution < 1.29 is 14.1 Å². The van der Waals surface area contributed by atoms with Gasteiger partial charge >= 0.3 is 7.69 Å². The SMILES string of the molecule is O[B]Oc1ccc(N(c2ccccc2)c2ccc3c(c2)oc2ccc4ccccc4c23)cc1. The lowest BCUT2D eigenvalue weighted by atomic mass is 10.0. The minimum atomic E-state index is 0.564. The predicted molar refractivity (Wildman–Crippen MR) is 135 cm³/mol. The van der Waals surface area contributed by atoms with Crippen LogP contribution in [0.2, 0.25) is 0 Å². The molecule has 0 fully saturated rings. The summed E-state index contributed by atoms with van der Waals surface area (Å²) in [4.78, 5) is 2.16. The Morgan fingerprint density at radius 2 is 1.36 bits per heavy atom. The van der Waals surface area contributed by atoms with Crippen molar-refractivity contribution in [1.29, 1.82) is 0 Å². The van der Waals surface area contributed by atoms with E-state index in [-0.39, 0.29) is 0 Å². The molecule has 0 aliphatic rings. The number of hydrogen-bond acceptors (Lipinski definition) is 4. The standard InChI is InChI=1S/C28H19BNO3/c31-29-33-23-14-11-21(12-15-23)30(20-7-2-1-3-8-20)22-13-16-25-27(18-22)32-26-17-10-19-6-4-5-9-24(19)28(25)26/h1-18,31H. The fourth-order valence-corrected chi connectivity index (χ4v) is 4.43.